The van der Waals surface area contributed by atoms with Gasteiger partial charge < -0.3 is 9.52 Å². The Labute approximate surface area is 118 Å². The van der Waals surface area contributed by atoms with Gasteiger partial charge in [-0.3, -0.25) is 15.1 Å². The van der Waals surface area contributed by atoms with Crippen LogP contribution in [0.25, 0.3) is 0 Å². The molecule has 1 N–H and O–H groups in total. The normalized spacial score (nSPS) is 10.4. The lowest BCUT2D eigenvalue weighted by Gasteiger charge is -2.02. The van der Waals surface area contributed by atoms with Crippen molar-refractivity contribution in [2.24, 2.45) is 0 Å². The summed E-state index contributed by atoms with van der Waals surface area (Å²) in [6.07, 6.45) is 2.53. The first-order chi connectivity index (χ1) is 8.99. The molecule has 0 amide bonds. The van der Waals surface area contributed by atoms with Crippen LogP contribution in [0.1, 0.15) is 10.6 Å². The molecule has 0 fully saturated rings. The van der Waals surface area contributed by atoms with Crippen molar-refractivity contribution in [1.29, 1.82) is 0 Å². The highest BCUT2D eigenvalue weighted by atomic mass is 79.9. The first kappa shape index (κ1) is 13.6. The summed E-state index contributed by atoms with van der Waals surface area (Å²) in [6, 6.07) is 2.72. The summed E-state index contributed by atoms with van der Waals surface area (Å²) in [5.74, 6) is -1.43. The van der Waals surface area contributed by atoms with Crippen LogP contribution in [0.2, 0.25) is 0 Å². The summed E-state index contributed by atoms with van der Waals surface area (Å²) in [5, 5.41) is 19.9. The molecule has 98 valence electrons. The third-order valence-corrected chi connectivity index (χ3v) is 3.94. The summed E-state index contributed by atoms with van der Waals surface area (Å²) >= 11 is 4.11. The van der Waals surface area contributed by atoms with E-state index < -0.39 is 10.9 Å². The maximum Gasteiger partial charge on any atom is 0.371 e. The van der Waals surface area contributed by atoms with Crippen molar-refractivity contribution < 1.29 is 19.2 Å². The number of carboxylic acids is 1. The maximum atomic E-state index is 10.9. The van der Waals surface area contributed by atoms with Crippen LogP contribution in [0.3, 0.4) is 0 Å². The molecular weight excluding hydrogens is 340 g/mol. The number of carbonyl (C=O) groups is 1. The summed E-state index contributed by atoms with van der Waals surface area (Å²) in [6.45, 7) is 0. The molecule has 9 heteroatoms. The lowest BCUT2D eigenvalue weighted by atomic mass is 10.4. The number of hydrogen-bond acceptors (Lipinski definition) is 6. The van der Waals surface area contributed by atoms with E-state index in [1.165, 1.54) is 18.3 Å². The van der Waals surface area contributed by atoms with Gasteiger partial charge in [0.1, 0.15) is 11.1 Å². The number of hydrogen-bond donors (Lipinski definition) is 1. The summed E-state index contributed by atoms with van der Waals surface area (Å²) < 4.78 is 5.47. The van der Waals surface area contributed by atoms with Gasteiger partial charge in [0.15, 0.2) is 5.09 Å². The number of furan rings is 1. The lowest BCUT2D eigenvalue weighted by molar-refractivity contribution is -0.388. The fourth-order valence-electron chi connectivity index (χ4n) is 1.23. The fourth-order valence-corrected chi connectivity index (χ4v) is 2.65. The van der Waals surface area contributed by atoms with E-state index in [1.807, 2.05) is 0 Å². The van der Waals surface area contributed by atoms with Crippen LogP contribution in [-0.4, -0.2) is 21.0 Å². The van der Waals surface area contributed by atoms with Gasteiger partial charge in [0.2, 0.25) is 5.76 Å². The molecule has 0 aromatic carbocycles. The number of aromatic nitrogens is 1. The second kappa shape index (κ2) is 5.41. The molecule has 2 rings (SSSR count). The molecule has 2 aromatic rings. The summed E-state index contributed by atoms with van der Waals surface area (Å²) in [5.41, 5.74) is -0.187. The topological polar surface area (TPSA) is 106 Å². The third kappa shape index (κ3) is 2.93. The molecule has 0 aliphatic rings. The quantitative estimate of drug-likeness (QED) is 0.670. The van der Waals surface area contributed by atoms with Crippen LogP contribution in [0.15, 0.2) is 43.4 Å². The van der Waals surface area contributed by atoms with Crippen molar-refractivity contribution in [3.63, 3.8) is 0 Å². The number of nitrogens with zero attached hydrogens (tertiary/aromatic N) is 2. The molecule has 7 nitrogen and oxygen atoms in total. The predicted octanol–water partition coefficient (Wildman–Crippen LogP) is 3.19. The summed E-state index contributed by atoms with van der Waals surface area (Å²) in [7, 11) is 0. The minimum Gasteiger partial charge on any atom is -0.475 e. The minimum absolute atomic E-state index is 0.187. The second-order valence-corrected chi connectivity index (χ2v) is 5.12. The van der Waals surface area contributed by atoms with Crippen LogP contribution < -0.4 is 0 Å². The standard InChI is InChI=1S/C10H5BrN2O5S/c11-5-3-12-4-6(13(16)17)9(5)19-8-2-1-7(18-8)10(14)15/h1-4H,(H,14,15). The molecule has 0 aliphatic carbocycles. The fraction of sp³-hybridized carbons (Fsp3) is 0. The van der Waals surface area contributed by atoms with Crippen molar-refractivity contribution >= 4 is 39.3 Å². The zero-order valence-electron chi connectivity index (χ0n) is 9.07. The molecular formula is C10H5BrN2O5S. The van der Waals surface area contributed by atoms with Crippen LogP contribution in [0.5, 0.6) is 0 Å². The van der Waals surface area contributed by atoms with E-state index in [0.717, 1.165) is 18.0 Å². The first-order valence-corrected chi connectivity index (χ1v) is 6.39. The van der Waals surface area contributed by atoms with E-state index in [2.05, 4.69) is 20.9 Å². The molecule has 0 unspecified atom stereocenters. The van der Waals surface area contributed by atoms with Gasteiger partial charge in [-0.2, -0.15) is 0 Å². The molecule has 2 aromatic heterocycles. The highest BCUT2D eigenvalue weighted by Crippen LogP contribution is 2.39. The molecule has 0 radical (unpaired) electrons. The lowest BCUT2D eigenvalue weighted by Crippen LogP contribution is -1.93. The monoisotopic (exact) mass is 344 g/mol. The Morgan fingerprint density at radius 2 is 2.21 bits per heavy atom. The van der Waals surface area contributed by atoms with Gasteiger partial charge in [0.05, 0.1) is 9.40 Å². The van der Waals surface area contributed by atoms with Crippen LogP contribution in [0.4, 0.5) is 5.69 Å². The van der Waals surface area contributed by atoms with Crippen molar-refractivity contribution in [3.05, 3.63) is 44.9 Å². The van der Waals surface area contributed by atoms with Crippen molar-refractivity contribution in [2.45, 2.75) is 9.99 Å². The Kier molecular flexibility index (Phi) is 3.86. The number of pyridine rings is 1. The third-order valence-electron chi connectivity index (χ3n) is 2.03. The van der Waals surface area contributed by atoms with Gasteiger partial charge in [-0.15, -0.1) is 0 Å². The largest absolute Gasteiger partial charge is 0.475 e. The Balaban J connectivity index is 2.37. The van der Waals surface area contributed by atoms with Crippen LogP contribution >= 0.6 is 27.7 Å². The van der Waals surface area contributed by atoms with E-state index in [-0.39, 0.29) is 16.5 Å². The number of halogens is 1. The molecule has 2 heterocycles. The number of aromatic carboxylic acids is 1. The highest BCUT2D eigenvalue weighted by Gasteiger charge is 2.20. The van der Waals surface area contributed by atoms with E-state index in [9.17, 15) is 14.9 Å². The molecule has 0 saturated heterocycles. The van der Waals surface area contributed by atoms with Crippen molar-refractivity contribution in [2.75, 3.05) is 0 Å². The van der Waals surface area contributed by atoms with E-state index in [0.29, 0.717) is 9.37 Å². The number of rotatable bonds is 4. The second-order valence-electron chi connectivity index (χ2n) is 3.25. The molecule has 0 saturated carbocycles. The first-order valence-electron chi connectivity index (χ1n) is 4.78. The van der Waals surface area contributed by atoms with Gasteiger partial charge >= 0.3 is 11.7 Å². The minimum atomic E-state index is -1.20. The van der Waals surface area contributed by atoms with Gasteiger partial charge in [-0.05, 0) is 39.8 Å². The average molecular weight is 345 g/mol. The zero-order chi connectivity index (χ0) is 14.0. The molecule has 19 heavy (non-hydrogen) atoms. The Hall–Kier alpha value is -1.87. The van der Waals surface area contributed by atoms with Crippen LogP contribution in [-0.2, 0) is 0 Å². The van der Waals surface area contributed by atoms with Gasteiger partial charge in [-0.1, -0.05) is 0 Å². The Bertz CT molecular complexity index is 657. The average Bonchev–Trinajstić information content (AvgIpc) is 2.80. The molecule has 0 bridgehead atoms. The van der Waals surface area contributed by atoms with Crippen molar-refractivity contribution in [3.8, 4) is 0 Å². The molecule has 0 aliphatic heterocycles. The van der Waals surface area contributed by atoms with E-state index in [1.54, 1.807) is 0 Å². The maximum absolute atomic E-state index is 10.9. The van der Waals surface area contributed by atoms with Gasteiger partial charge in [-0.25, -0.2) is 4.79 Å². The van der Waals surface area contributed by atoms with E-state index >= 15 is 0 Å². The van der Waals surface area contributed by atoms with Crippen molar-refractivity contribution in [1.82, 2.24) is 4.98 Å². The SMILES string of the molecule is O=C(O)c1ccc(Sc2c(Br)cncc2[N+](=O)[O-])o1. The zero-order valence-corrected chi connectivity index (χ0v) is 11.5. The summed E-state index contributed by atoms with van der Waals surface area (Å²) in [4.78, 5) is 25.0. The predicted molar refractivity (Wildman–Crippen MR) is 68.4 cm³/mol. The van der Waals surface area contributed by atoms with Gasteiger partial charge in [0, 0.05) is 6.20 Å². The number of carboxylic acid groups (broad SMARTS) is 1. The number of nitro groups is 1. The van der Waals surface area contributed by atoms with Crippen LogP contribution in [0, 0.1) is 10.1 Å². The Morgan fingerprint density at radius 1 is 1.47 bits per heavy atom. The smallest absolute Gasteiger partial charge is 0.371 e. The highest BCUT2D eigenvalue weighted by molar-refractivity contribution is 9.10. The molecule has 0 spiro atoms. The molecule has 0 atom stereocenters. The van der Waals surface area contributed by atoms with Gasteiger partial charge in [0.25, 0.3) is 0 Å². The Morgan fingerprint density at radius 3 is 2.79 bits per heavy atom. The van der Waals surface area contributed by atoms with E-state index in [4.69, 9.17) is 9.52 Å².